The molecule has 1 unspecified atom stereocenters. The molecule has 0 saturated heterocycles. The fourth-order valence-corrected chi connectivity index (χ4v) is 3.33. The number of rotatable bonds is 4. The Hall–Kier alpha value is -1.58. The van der Waals surface area contributed by atoms with E-state index >= 15 is 0 Å². The van der Waals surface area contributed by atoms with Crippen LogP contribution in [0.15, 0.2) is 24.4 Å². The Morgan fingerprint density at radius 1 is 1.30 bits per heavy atom. The van der Waals surface area contributed by atoms with Gasteiger partial charge < -0.3 is 5.32 Å². The van der Waals surface area contributed by atoms with Crippen molar-refractivity contribution in [2.75, 3.05) is 5.32 Å². The first-order chi connectivity index (χ1) is 9.83. The van der Waals surface area contributed by atoms with Crippen molar-refractivity contribution in [1.29, 1.82) is 0 Å². The van der Waals surface area contributed by atoms with E-state index in [9.17, 15) is 4.79 Å². The van der Waals surface area contributed by atoms with Crippen LogP contribution in [0.3, 0.4) is 0 Å². The van der Waals surface area contributed by atoms with Crippen LogP contribution < -0.4 is 5.32 Å². The normalized spacial score (nSPS) is 23.1. The lowest BCUT2D eigenvalue weighted by molar-refractivity contribution is -0.116. The molecule has 1 amide bonds. The average Bonchev–Trinajstić information content (AvgIpc) is 3.11. The van der Waals surface area contributed by atoms with Crippen molar-refractivity contribution in [3.05, 3.63) is 24.4 Å². The van der Waals surface area contributed by atoms with Crippen LogP contribution in [-0.4, -0.2) is 15.7 Å². The molecule has 0 spiro atoms. The lowest BCUT2D eigenvalue weighted by Crippen LogP contribution is -2.21. The number of allylic oxidation sites excluding steroid dienone is 2. The average molecular weight is 273 g/mol. The van der Waals surface area contributed by atoms with Crippen molar-refractivity contribution < 1.29 is 4.79 Å². The summed E-state index contributed by atoms with van der Waals surface area (Å²) >= 11 is 0. The van der Waals surface area contributed by atoms with E-state index < -0.39 is 0 Å². The van der Waals surface area contributed by atoms with Gasteiger partial charge in [-0.15, -0.1) is 0 Å². The Morgan fingerprint density at radius 3 is 2.90 bits per heavy atom. The fraction of sp³-hybridized carbons (Fsp3) is 0.625. The van der Waals surface area contributed by atoms with Gasteiger partial charge in [-0.1, -0.05) is 31.4 Å². The quantitative estimate of drug-likeness (QED) is 0.851. The Bertz CT molecular complexity index is 486. The number of nitrogens with zero attached hydrogens (tertiary/aromatic N) is 2. The van der Waals surface area contributed by atoms with E-state index in [0.29, 0.717) is 18.4 Å². The summed E-state index contributed by atoms with van der Waals surface area (Å²) in [6, 6.07) is 2.37. The second kappa shape index (κ2) is 6.25. The highest BCUT2D eigenvalue weighted by molar-refractivity contribution is 5.90. The van der Waals surface area contributed by atoms with Gasteiger partial charge in [0.2, 0.25) is 5.91 Å². The summed E-state index contributed by atoms with van der Waals surface area (Å²) in [5.41, 5.74) is 0. The second-order valence-electron chi connectivity index (χ2n) is 5.97. The summed E-state index contributed by atoms with van der Waals surface area (Å²) in [7, 11) is 0. The molecule has 1 aromatic rings. The molecule has 4 heteroatoms. The Kier molecular flexibility index (Phi) is 4.19. The molecule has 4 nitrogen and oxygen atoms in total. The van der Waals surface area contributed by atoms with E-state index in [0.717, 1.165) is 18.7 Å². The number of amides is 1. The van der Waals surface area contributed by atoms with Crippen LogP contribution in [0.1, 0.15) is 57.4 Å². The van der Waals surface area contributed by atoms with E-state index in [4.69, 9.17) is 0 Å². The maximum Gasteiger partial charge on any atom is 0.226 e. The molecule has 0 bridgehead atoms. The minimum Gasteiger partial charge on any atom is -0.311 e. The number of hydrogen-bond acceptors (Lipinski definition) is 2. The molecule has 1 saturated carbocycles. The zero-order chi connectivity index (χ0) is 13.8. The summed E-state index contributed by atoms with van der Waals surface area (Å²) in [4.78, 5) is 12.1. The van der Waals surface area contributed by atoms with Crippen LogP contribution >= 0.6 is 0 Å². The molecular weight excluding hydrogens is 250 g/mol. The summed E-state index contributed by atoms with van der Waals surface area (Å²) in [6.45, 7) is 0. The number of hydrogen-bond donors (Lipinski definition) is 1. The van der Waals surface area contributed by atoms with Crippen molar-refractivity contribution >= 4 is 11.7 Å². The highest BCUT2D eigenvalue weighted by Gasteiger charge is 2.20. The molecule has 0 radical (unpaired) electrons. The van der Waals surface area contributed by atoms with Crippen LogP contribution in [0.5, 0.6) is 0 Å². The van der Waals surface area contributed by atoms with E-state index in [-0.39, 0.29) is 5.91 Å². The SMILES string of the molecule is O=C(CC1C=CCC1)Nc1ccnn1C1CCCCC1. The minimum atomic E-state index is 0.110. The van der Waals surface area contributed by atoms with Gasteiger partial charge in [0, 0.05) is 12.5 Å². The number of anilines is 1. The molecular formula is C16H23N3O. The van der Waals surface area contributed by atoms with E-state index in [2.05, 4.69) is 22.6 Å². The van der Waals surface area contributed by atoms with Crippen LogP contribution in [0.2, 0.25) is 0 Å². The van der Waals surface area contributed by atoms with E-state index in [1.807, 2.05) is 10.7 Å². The minimum absolute atomic E-state index is 0.110. The van der Waals surface area contributed by atoms with Crippen molar-refractivity contribution in [2.45, 2.75) is 57.4 Å². The topological polar surface area (TPSA) is 46.9 Å². The van der Waals surface area contributed by atoms with E-state index in [1.165, 1.54) is 32.1 Å². The maximum absolute atomic E-state index is 12.1. The number of nitrogens with one attached hydrogen (secondary N) is 1. The molecule has 2 aliphatic carbocycles. The van der Waals surface area contributed by atoms with Crippen LogP contribution in [0, 0.1) is 5.92 Å². The molecule has 20 heavy (non-hydrogen) atoms. The summed E-state index contributed by atoms with van der Waals surface area (Å²) in [5.74, 6) is 1.39. The zero-order valence-corrected chi connectivity index (χ0v) is 11.9. The number of carbonyl (C=O) groups is 1. The lowest BCUT2D eigenvalue weighted by Gasteiger charge is -2.24. The highest BCUT2D eigenvalue weighted by atomic mass is 16.1. The molecule has 0 aliphatic heterocycles. The molecule has 1 heterocycles. The Morgan fingerprint density at radius 2 is 2.15 bits per heavy atom. The predicted octanol–water partition coefficient (Wildman–Crippen LogP) is 3.68. The van der Waals surface area contributed by atoms with Crippen molar-refractivity contribution in [3.8, 4) is 0 Å². The van der Waals surface area contributed by atoms with Crippen LogP contribution in [0.25, 0.3) is 0 Å². The van der Waals surface area contributed by atoms with Gasteiger partial charge >= 0.3 is 0 Å². The van der Waals surface area contributed by atoms with Crippen molar-refractivity contribution in [1.82, 2.24) is 9.78 Å². The third-order valence-electron chi connectivity index (χ3n) is 4.42. The maximum atomic E-state index is 12.1. The van der Waals surface area contributed by atoms with Gasteiger partial charge in [-0.3, -0.25) is 4.79 Å². The molecule has 108 valence electrons. The fourth-order valence-electron chi connectivity index (χ4n) is 3.33. The predicted molar refractivity (Wildman–Crippen MR) is 79.5 cm³/mol. The van der Waals surface area contributed by atoms with Gasteiger partial charge in [0.1, 0.15) is 5.82 Å². The first-order valence-corrected chi connectivity index (χ1v) is 7.83. The molecule has 2 aliphatic rings. The second-order valence-corrected chi connectivity index (χ2v) is 5.97. The third kappa shape index (κ3) is 3.11. The Balaban J connectivity index is 1.60. The summed E-state index contributed by atoms with van der Waals surface area (Å²) in [6.07, 6.45) is 15.1. The van der Waals surface area contributed by atoms with Gasteiger partial charge in [-0.2, -0.15) is 5.10 Å². The molecule has 0 aromatic carbocycles. The zero-order valence-electron chi connectivity index (χ0n) is 11.9. The number of aromatic nitrogens is 2. The Labute approximate surface area is 120 Å². The van der Waals surface area contributed by atoms with Crippen molar-refractivity contribution in [3.63, 3.8) is 0 Å². The first kappa shape index (κ1) is 13.4. The first-order valence-electron chi connectivity index (χ1n) is 7.83. The van der Waals surface area contributed by atoms with Crippen LogP contribution in [0.4, 0.5) is 5.82 Å². The van der Waals surface area contributed by atoms with Gasteiger partial charge in [-0.05, 0) is 31.6 Å². The van der Waals surface area contributed by atoms with E-state index in [1.54, 1.807) is 6.20 Å². The summed E-state index contributed by atoms with van der Waals surface area (Å²) in [5, 5.41) is 7.46. The largest absolute Gasteiger partial charge is 0.311 e. The smallest absolute Gasteiger partial charge is 0.226 e. The van der Waals surface area contributed by atoms with Crippen LogP contribution in [-0.2, 0) is 4.79 Å². The monoisotopic (exact) mass is 273 g/mol. The lowest BCUT2D eigenvalue weighted by atomic mass is 9.96. The van der Waals surface area contributed by atoms with Gasteiger partial charge in [0.25, 0.3) is 0 Å². The van der Waals surface area contributed by atoms with Gasteiger partial charge in [-0.25, -0.2) is 4.68 Å². The number of carbonyl (C=O) groups excluding carboxylic acids is 1. The molecule has 1 atom stereocenters. The molecule has 3 rings (SSSR count). The van der Waals surface area contributed by atoms with Gasteiger partial charge in [0.15, 0.2) is 0 Å². The van der Waals surface area contributed by atoms with Gasteiger partial charge in [0.05, 0.1) is 12.2 Å². The molecule has 1 aromatic heterocycles. The molecule has 1 N–H and O–H groups in total. The third-order valence-corrected chi connectivity index (χ3v) is 4.42. The van der Waals surface area contributed by atoms with Crippen molar-refractivity contribution in [2.24, 2.45) is 5.92 Å². The molecule has 1 fully saturated rings. The highest BCUT2D eigenvalue weighted by Crippen LogP contribution is 2.30. The summed E-state index contributed by atoms with van der Waals surface area (Å²) < 4.78 is 2.02. The standard InChI is InChI=1S/C16H23N3O/c20-16(12-13-6-4-5-7-13)18-15-10-11-17-19(15)14-8-2-1-3-9-14/h4,6,10-11,13-14H,1-3,5,7-9,12H2,(H,18,20).